The summed E-state index contributed by atoms with van der Waals surface area (Å²) < 4.78 is 0. The highest BCUT2D eigenvalue weighted by Crippen LogP contribution is 2.18. The maximum absolute atomic E-state index is 11.2. The second-order valence-corrected chi connectivity index (χ2v) is 4.28. The first-order valence-electron chi connectivity index (χ1n) is 4.50. The van der Waals surface area contributed by atoms with E-state index in [0.29, 0.717) is 13.0 Å². The van der Waals surface area contributed by atoms with Crippen LogP contribution in [0, 0.1) is 5.41 Å². The van der Waals surface area contributed by atoms with Crippen LogP contribution in [0.3, 0.4) is 0 Å². The lowest BCUT2D eigenvalue weighted by Crippen LogP contribution is -2.37. The molecule has 0 aromatic heterocycles. The molecule has 1 amide bonds. The van der Waals surface area contributed by atoms with Crippen molar-refractivity contribution in [3.63, 3.8) is 0 Å². The number of rotatable bonds is 5. The highest BCUT2D eigenvalue weighted by atomic mass is 16.3. The molecule has 4 nitrogen and oxygen atoms in total. The van der Waals surface area contributed by atoms with E-state index in [0.717, 1.165) is 0 Å². The zero-order valence-corrected chi connectivity index (χ0v) is 8.63. The molecule has 0 saturated carbocycles. The van der Waals surface area contributed by atoms with E-state index in [2.05, 4.69) is 5.32 Å². The van der Waals surface area contributed by atoms with Gasteiger partial charge in [0, 0.05) is 25.6 Å². The number of hydrogen-bond donors (Lipinski definition) is 3. The van der Waals surface area contributed by atoms with Crippen molar-refractivity contribution in [3.8, 4) is 0 Å². The quantitative estimate of drug-likeness (QED) is 0.562. The Labute approximate surface area is 79.5 Å². The predicted octanol–water partition coefficient (Wildman–Crippen LogP) is -0.142. The molecule has 0 unspecified atom stereocenters. The lowest BCUT2D eigenvalue weighted by atomic mass is 9.90. The largest absolute Gasteiger partial charge is 0.396 e. The Hall–Kier alpha value is -0.610. The van der Waals surface area contributed by atoms with E-state index in [1.54, 1.807) is 0 Å². The van der Waals surface area contributed by atoms with Gasteiger partial charge < -0.3 is 16.2 Å². The van der Waals surface area contributed by atoms with Gasteiger partial charge in [-0.2, -0.15) is 0 Å². The SMILES string of the molecule is C[C@H](N)CNC(=O)CC(C)(C)CO. The maximum Gasteiger partial charge on any atom is 0.220 e. The summed E-state index contributed by atoms with van der Waals surface area (Å²) in [6, 6.07) is -0.0267. The van der Waals surface area contributed by atoms with Crippen molar-refractivity contribution >= 4 is 5.91 Å². The second-order valence-electron chi connectivity index (χ2n) is 4.28. The van der Waals surface area contributed by atoms with Crippen LogP contribution in [-0.4, -0.2) is 30.2 Å². The molecule has 0 aliphatic carbocycles. The van der Waals surface area contributed by atoms with Gasteiger partial charge in [-0.25, -0.2) is 0 Å². The van der Waals surface area contributed by atoms with Crippen molar-refractivity contribution in [2.45, 2.75) is 33.2 Å². The zero-order chi connectivity index (χ0) is 10.5. The van der Waals surface area contributed by atoms with Crippen LogP contribution in [-0.2, 0) is 4.79 Å². The third-order valence-electron chi connectivity index (χ3n) is 1.69. The number of hydrogen-bond acceptors (Lipinski definition) is 3. The number of aliphatic hydroxyl groups is 1. The van der Waals surface area contributed by atoms with Crippen LogP contribution in [0.2, 0.25) is 0 Å². The molecule has 0 rings (SSSR count). The smallest absolute Gasteiger partial charge is 0.220 e. The minimum atomic E-state index is -0.345. The van der Waals surface area contributed by atoms with Gasteiger partial charge in [0.15, 0.2) is 0 Å². The standard InChI is InChI=1S/C9H20N2O2/c1-7(10)5-11-8(13)4-9(2,3)6-12/h7,12H,4-6,10H2,1-3H3,(H,11,13)/t7-/m0/s1. The van der Waals surface area contributed by atoms with Crippen LogP contribution in [0.4, 0.5) is 0 Å². The van der Waals surface area contributed by atoms with Gasteiger partial charge >= 0.3 is 0 Å². The molecule has 13 heavy (non-hydrogen) atoms. The molecular weight excluding hydrogens is 168 g/mol. The van der Waals surface area contributed by atoms with Crippen molar-refractivity contribution < 1.29 is 9.90 Å². The highest BCUT2D eigenvalue weighted by molar-refractivity contribution is 5.76. The number of carbonyl (C=O) groups excluding carboxylic acids is 1. The Morgan fingerprint density at radius 1 is 1.62 bits per heavy atom. The van der Waals surface area contributed by atoms with Gasteiger partial charge in [-0.3, -0.25) is 4.79 Å². The Morgan fingerprint density at radius 3 is 2.54 bits per heavy atom. The van der Waals surface area contributed by atoms with Crippen molar-refractivity contribution in [1.29, 1.82) is 0 Å². The molecule has 1 atom stereocenters. The van der Waals surface area contributed by atoms with E-state index in [1.165, 1.54) is 0 Å². The van der Waals surface area contributed by atoms with Crippen LogP contribution in [0.25, 0.3) is 0 Å². The van der Waals surface area contributed by atoms with Crippen LogP contribution in [0.5, 0.6) is 0 Å². The van der Waals surface area contributed by atoms with Crippen molar-refractivity contribution in [3.05, 3.63) is 0 Å². The van der Waals surface area contributed by atoms with E-state index < -0.39 is 0 Å². The number of aliphatic hydroxyl groups excluding tert-OH is 1. The Balaban J connectivity index is 3.74. The molecule has 0 radical (unpaired) electrons. The second kappa shape index (κ2) is 5.19. The van der Waals surface area contributed by atoms with Gasteiger partial charge in [-0.05, 0) is 12.3 Å². The van der Waals surface area contributed by atoms with Crippen LogP contribution < -0.4 is 11.1 Å². The lowest BCUT2D eigenvalue weighted by Gasteiger charge is -2.20. The summed E-state index contributed by atoms with van der Waals surface area (Å²) in [6.07, 6.45) is 0.330. The molecule has 0 aliphatic rings. The average Bonchev–Trinajstić information content (AvgIpc) is 2.00. The molecule has 4 N–H and O–H groups in total. The summed E-state index contributed by atoms with van der Waals surface area (Å²) in [4.78, 5) is 11.2. The number of amides is 1. The van der Waals surface area contributed by atoms with Crippen molar-refractivity contribution in [2.24, 2.45) is 11.1 Å². The molecule has 0 spiro atoms. The summed E-state index contributed by atoms with van der Waals surface area (Å²) in [6.45, 7) is 6.02. The third kappa shape index (κ3) is 6.54. The fourth-order valence-corrected chi connectivity index (χ4v) is 0.828. The van der Waals surface area contributed by atoms with Crippen molar-refractivity contribution in [2.75, 3.05) is 13.2 Å². The Kier molecular flexibility index (Phi) is 4.95. The summed E-state index contributed by atoms with van der Waals surface area (Å²) in [5.41, 5.74) is 5.13. The molecule has 0 bridgehead atoms. The molecular formula is C9H20N2O2. The first-order valence-corrected chi connectivity index (χ1v) is 4.50. The number of nitrogens with one attached hydrogen (secondary N) is 1. The molecule has 0 heterocycles. The monoisotopic (exact) mass is 188 g/mol. The molecule has 0 aromatic carbocycles. The highest BCUT2D eigenvalue weighted by Gasteiger charge is 2.20. The van der Waals surface area contributed by atoms with Crippen LogP contribution in [0.1, 0.15) is 27.2 Å². The van der Waals surface area contributed by atoms with Gasteiger partial charge in [-0.1, -0.05) is 13.8 Å². The Bertz CT molecular complexity index is 167. The zero-order valence-electron chi connectivity index (χ0n) is 8.63. The fourth-order valence-electron chi connectivity index (χ4n) is 0.828. The van der Waals surface area contributed by atoms with E-state index in [-0.39, 0.29) is 24.0 Å². The van der Waals surface area contributed by atoms with Gasteiger partial charge in [0.05, 0.1) is 0 Å². The minimum absolute atomic E-state index is 0.0125. The van der Waals surface area contributed by atoms with Crippen molar-refractivity contribution in [1.82, 2.24) is 5.32 Å². The molecule has 0 fully saturated rings. The van der Waals surface area contributed by atoms with E-state index in [4.69, 9.17) is 10.8 Å². The first kappa shape index (κ1) is 12.4. The molecule has 0 aromatic rings. The summed E-state index contributed by atoms with van der Waals surface area (Å²) in [5.74, 6) is -0.0589. The van der Waals surface area contributed by atoms with E-state index in [1.807, 2.05) is 20.8 Å². The molecule has 78 valence electrons. The van der Waals surface area contributed by atoms with Gasteiger partial charge in [0.25, 0.3) is 0 Å². The normalized spacial score (nSPS) is 13.9. The Morgan fingerprint density at radius 2 is 2.15 bits per heavy atom. The number of nitrogens with two attached hydrogens (primary N) is 1. The molecule has 0 saturated heterocycles. The number of carbonyl (C=O) groups is 1. The molecule has 4 heteroatoms. The van der Waals surface area contributed by atoms with E-state index in [9.17, 15) is 4.79 Å². The van der Waals surface area contributed by atoms with Gasteiger partial charge in [0.2, 0.25) is 5.91 Å². The van der Waals surface area contributed by atoms with Crippen LogP contribution >= 0.6 is 0 Å². The first-order chi connectivity index (χ1) is 5.87. The summed E-state index contributed by atoms with van der Waals surface area (Å²) in [7, 11) is 0. The van der Waals surface area contributed by atoms with E-state index >= 15 is 0 Å². The third-order valence-corrected chi connectivity index (χ3v) is 1.69. The fraction of sp³-hybridized carbons (Fsp3) is 0.889. The van der Waals surface area contributed by atoms with Gasteiger partial charge in [-0.15, -0.1) is 0 Å². The van der Waals surface area contributed by atoms with Gasteiger partial charge in [0.1, 0.15) is 0 Å². The predicted molar refractivity (Wildman–Crippen MR) is 52.1 cm³/mol. The lowest BCUT2D eigenvalue weighted by molar-refractivity contribution is -0.123. The molecule has 0 aliphatic heterocycles. The summed E-state index contributed by atoms with van der Waals surface area (Å²) >= 11 is 0. The summed E-state index contributed by atoms with van der Waals surface area (Å²) in [5, 5.41) is 11.6. The topological polar surface area (TPSA) is 75.3 Å². The van der Waals surface area contributed by atoms with Crippen LogP contribution in [0.15, 0.2) is 0 Å². The minimum Gasteiger partial charge on any atom is -0.396 e. The maximum atomic E-state index is 11.2. The average molecular weight is 188 g/mol.